The van der Waals surface area contributed by atoms with Gasteiger partial charge in [0.15, 0.2) is 0 Å². The van der Waals surface area contributed by atoms with Crippen LogP contribution in [0.25, 0.3) is 0 Å². The molecule has 0 radical (unpaired) electrons. The summed E-state index contributed by atoms with van der Waals surface area (Å²) < 4.78 is 0. The monoisotopic (exact) mass is 331 g/mol. The molecule has 0 aromatic carbocycles. The van der Waals surface area contributed by atoms with E-state index in [1.54, 1.807) is 0 Å². The highest BCUT2D eigenvalue weighted by Gasteiger charge is 2.24. The second-order valence-electron chi connectivity index (χ2n) is 7.33. The van der Waals surface area contributed by atoms with Crippen molar-refractivity contribution in [2.45, 2.75) is 40.0 Å². The molecule has 2 fully saturated rings. The summed E-state index contributed by atoms with van der Waals surface area (Å²) >= 11 is 0. The zero-order valence-corrected chi connectivity index (χ0v) is 15.2. The fourth-order valence-electron chi connectivity index (χ4n) is 3.42. The number of anilines is 2. The Morgan fingerprint density at radius 1 is 1.04 bits per heavy atom. The molecule has 0 aliphatic carbocycles. The lowest BCUT2D eigenvalue weighted by Crippen LogP contribution is -2.49. The van der Waals surface area contributed by atoms with Crippen LogP contribution in [0.1, 0.15) is 38.8 Å². The lowest BCUT2D eigenvalue weighted by molar-refractivity contribution is -0.132. The van der Waals surface area contributed by atoms with Gasteiger partial charge in [-0.25, -0.2) is 4.98 Å². The van der Waals surface area contributed by atoms with Gasteiger partial charge < -0.3 is 14.7 Å². The molecule has 0 saturated carbocycles. The highest BCUT2D eigenvalue weighted by molar-refractivity contribution is 5.76. The fraction of sp³-hybridized carbons (Fsp3) is 0.722. The van der Waals surface area contributed by atoms with Gasteiger partial charge in [-0.3, -0.25) is 4.79 Å². The van der Waals surface area contributed by atoms with Gasteiger partial charge in [0.25, 0.3) is 0 Å². The van der Waals surface area contributed by atoms with Crippen LogP contribution in [0, 0.1) is 12.8 Å². The Kier molecular flexibility index (Phi) is 5.21. The second kappa shape index (κ2) is 7.36. The maximum Gasteiger partial charge on any atom is 0.227 e. The number of nitrogens with zero attached hydrogens (tertiary/aromatic N) is 5. The molecule has 132 valence electrons. The van der Waals surface area contributed by atoms with Gasteiger partial charge in [0, 0.05) is 57.4 Å². The van der Waals surface area contributed by atoms with Crippen LogP contribution in [0.3, 0.4) is 0 Å². The molecule has 2 aliphatic rings. The van der Waals surface area contributed by atoms with Gasteiger partial charge in [0.05, 0.1) is 0 Å². The van der Waals surface area contributed by atoms with Gasteiger partial charge in [-0.15, -0.1) is 0 Å². The zero-order chi connectivity index (χ0) is 17.1. The highest BCUT2D eigenvalue weighted by Crippen LogP contribution is 2.22. The summed E-state index contributed by atoms with van der Waals surface area (Å²) in [7, 11) is 0. The molecule has 2 aliphatic heterocycles. The molecular formula is C18H29N5O. The topological polar surface area (TPSA) is 52.6 Å². The summed E-state index contributed by atoms with van der Waals surface area (Å²) in [5.41, 5.74) is 1.01. The Labute approximate surface area is 144 Å². The molecule has 0 N–H and O–H groups in total. The van der Waals surface area contributed by atoms with Gasteiger partial charge in [0.1, 0.15) is 5.82 Å². The van der Waals surface area contributed by atoms with E-state index in [0.717, 1.165) is 56.7 Å². The number of piperazine rings is 1. The molecule has 1 aromatic heterocycles. The maximum atomic E-state index is 12.2. The van der Waals surface area contributed by atoms with Gasteiger partial charge >= 0.3 is 0 Å². The standard InChI is InChI=1S/C18H29N5O/c1-14(2)12-17(24)22-8-10-23(11-9-22)18-19-15(3)13-16(20-18)21-6-4-5-7-21/h13-14H,4-12H2,1-3H3. The van der Waals surface area contributed by atoms with Crippen molar-refractivity contribution in [2.24, 2.45) is 5.92 Å². The summed E-state index contributed by atoms with van der Waals surface area (Å²) in [5.74, 6) is 2.55. The van der Waals surface area contributed by atoms with Crippen molar-refractivity contribution in [3.05, 3.63) is 11.8 Å². The lowest BCUT2D eigenvalue weighted by Gasteiger charge is -2.35. The minimum atomic E-state index is 0.271. The number of amides is 1. The van der Waals surface area contributed by atoms with Crippen LogP contribution in [0.4, 0.5) is 11.8 Å². The van der Waals surface area contributed by atoms with E-state index in [-0.39, 0.29) is 5.91 Å². The Hall–Kier alpha value is -1.85. The smallest absolute Gasteiger partial charge is 0.227 e. The third-order valence-electron chi connectivity index (χ3n) is 4.76. The number of hydrogen-bond donors (Lipinski definition) is 0. The Morgan fingerprint density at radius 3 is 2.33 bits per heavy atom. The normalized spacial score (nSPS) is 18.6. The minimum absolute atomic E-state index is 0.271. The number of hydrogen-bond acceptors (Lipinski definition) is 5. The number of aromatic nitrogens is 2. The van der Waals surface area contributed by atoms with Gasteiger partial charge in [-0.2, -0.15) is 4.98 Å². The third kappa shape index (κ3) is 3.97. The average Bonchev–Trinajstić information content (AvgIpc) is 3.08. The van der Waals surface area contributed by atoms with E-state index < -0.39 is 0 Å². The van der Waals surface area contributed by atoms with Crippen molar-refractivity contribution in [1.82, 2.24) is 14.9 Å². The predicted molar refractivity (Wildman–Crippen MR) is 96.5 cm³/mol. The number of rotatable bonds is 4. The van der Waals surface area contributed by atoms with Gasteiger partial charge in [-0.1, -0.05) is 13.8 Å². The number of carbonyl (C=O) groups excluding carboxylic acids is 1. The molecule has 24 heavy (non-hydrogen) atoms. The molecule has 3 heterocycles. The highest BCUT2D eigenvalue weighted by atomic mass is 16.2. The van der Waals surface area contributed by atoms with E-state index in [4.69, 9.17) is 4.98 Å². The number of carbonyl (C=O) groups is 1. The van der Waals surface area contributed by atoms with E-state index in [0.29, 0.717) is 12.3 Å². The Morgan fingerprint density at radius 2 is 1.71 bits per heavy atom. The first-order valence-corrected chi connectivity index (χ1v) is 9.16. The molecule has 3 rings (SSSR count). The molecule has 0 unspecified atom stereocenters. The van der Waals surface area contributed by atoms with Gasteiger partial charge in [-0.05, 0) is 25.7 Å². The summed E-state index contributed by atoms with van der Waals surface area (Å²) in [6.07, 6.45) is 3.13. The molecule has 1 aromatic rings. The van der Waals surface area contributed by atoms with Crippen molar-refractivity contribution in [2.75, 3.05) is 49.1 Å². The average molecular weight is 331 g/mol. The lowest BCUT2D eigenvalue weighted by atomic mass is 10.1. The maximum absolute atomic E-state index is 12.2. The molecule has 1 amide bonds. The molecule has 2 saturated heterocycles. The van der Waals surface area contributed by atoms with E-state index in [2.05, 4.69) is 34.7 Å². The van der Waals surface area contributed by atoms with Crippen LogP contribution < -0.4 is 9.80 Å². The summed E-state index contributed by atoms with van der Waals surface area (Å²) in [6.45, 7) is 11.6. The van der Waals surface area contributed by atoms with Crippen LogP contribution >= 0.6 is 0 Å². The fourth-order valence-corrected chi connectivity index (χ4v) is 3.42. The Balaban J connectivity index is 1.64. The molecule has 0 spiro atoms. The van der Waals surface area contributed by atoms with Gasteiger partial charge in [0.2, 0.25) is 11.9 Å². The van der Waals surface area contributed by atoms with E-state index >= 15 is 0 Å². The first kappa shape index (κ1) is 17.0. The molecule has 0 atom stereocenters. The van der Waals surface area contributed by atoms with Crippen LogP contribution in [0.15, 0.2) is 6.07 Å². The van der Waals surface area contributed by atoms with Crippen molar-refractivity contribution < 1.29 is 4.79 Å². The van der Waals surface area contributed by atoms with Crippen molar-refractivity contribution >= 4 is 17.7 Å². The van der Waals surface area contributed by atoms with Crippen LogP contribution in [-0.4, -0.2) is 60.0 Å². The SMILES string of the molecule is Cc1cc(N2CCCC2)nc(N2CCN(C(=O)CC(C)C)CC2)n1. The molecule has 6 heteroatoms. The predicted octanol–water partition coefficient (Wildman–Crippen LogP) is 2.08. The van der Waals surface area contributed by atoms with E-state index in [9.17, 15) is 4.79 Å². The van der Waals surface area contributed by atoms with Crippen molar-refractivity contribution in [3.63, 3.8) is 0 Å². The van der Waals surface area contributed by atoms with Crippen molar-refractivity contribution in [1.29, 1.82) is 0 Å². The summed E-state index contributed by atoms with van der Waals surface area (Å²) in [4.78, 5) is 28.2. The minimum Gasteiger partial charge on any atom is -0.356 e. The van der Waals surface area contributed by atoms with Crippen LogP contribution in [0.2, 0.25) is 0 Å². The molecule has 0 bridgehead atoms. The summed E-state index contributed by atoms with van der Waals surface area (Å²) in [6, 6.07) is 2.08. The van der Waals surface area contributed by atoms with Crippen molar-refractivity contribution in [3.8, 4) is 0 Å². The second-order valence-corrected chi connectivity index (χ2v) is 7.33. The molecular weight excluding hydrogens is 302 g/mol. The Bertz CT molecular complexity index is 575. The van der Waals surface area contributed by atoms with Crippen LogP contribution in [-0.2, 0) is 4.79 Å². The first-order valence-electron chi connectivity index (χ1n) is 9.16. The zero-order valence-electron chi connectivity index (χ0n) is 15.2. The third-order valence-corrected chi connectivity index (χ3v) is 4.76. The molecule has 6 nitrogen and oxygen atoms in total. The van der Waals surface area contributed by atoms with E-state index in [1.807, 2.05) is 11.8 Å². The van der Waals surface area contributed by atoms with E-state index in [1.165, 1.54) is 12.8 Å². The quantitative estimate of drug-likeness (QED) is 0.845. The van der Waals surface area contributed by atoms with Crippen LogP contribution in [0.5, 0.6) is 0 Å². The summed E-state index contributed by atoms with van der Waals surface area (Å²) in [5, 5.41) is 0. The first-order chi connectivity index (χ1) is 11.5. The number of aryl methyl sites for hydroxylation is 1. The largest absolute Gasteiger partial charge is 0.356 e.